The van der Waals surface area contributed by atoms with E-state index in [2.05, 4.69) is 48.9 Å². The molecule has 108 valence electrons. The maximum absolute atomic E-state index is 14.1. The largest absolute Gasteiger partial charge is 0.313 e. The summed E-state index contributed by atoms with van der Waals surface area (Å²) in [5, 5.41) is 3.24. The molecule has 1 N–H and O–H groups in total. The molecule has 0 fully saturated rings. The van der Waals surface area contributed by atoms with Gasteiger partial charge in [0.05, 0.1) is 4.47 Å². The van der Waals surface area contributed by atoms with Crippen molar-refractivity contribution in [2.45, 2.75) is 46.6 Å². The van der Waals surface area contributed by atoms with Gasteiger partial charge in [0.15, 0.2) is 0 Å². The normalized spacial score (nSPS) is 15.3. The minimum atomic E-state index is -0.148. The fourth-order valence-electron chi connectivity index (χ4n) is 2.72. The molecule has 0 saturated heterocycles. The summed E-state index contributed by atoms with van der Waals surface area (Å²) in [6.45, 7) is 8.98. The number of hydrogen-bond acceptors (Lipinski definition) is 1. The quantitative estimate of drug-likeness (QED) is 0.771. The molecule has 0 radical (unpaired) electrons. The van der Waals surface area contributed by atoms with Crippen molar-refractivity contribution in [3.63, 3.8) is 0 Å². The molecule has 0 heterocycles. The molecule has 0 saturated carbocycles. The molecular formula is C16H25BrFN. The molecule has 1 aromatic carbocycles. The number of nitrogens with one attached hydrogen (secondary N) is 1. The molecule has 3 heteroatoms. The molecule has 0 spiro atoms. The van der Waals surface area contributed by atoms with Gasteiger partial charge >= 0.3 is 0 Å². The Morgan fingerprint density at radius 1 is 1.32 bits per heavy atom. The van der Waals surface area contributed by atoms with Crippen LogP contribution < -0.4 is 5.32 Å². The lowest BCUT2D eigenvalue weighted by Crippen LogP contribution is -2.22. The van der Waals surface area contributed by atoms with E-state index in [0.29, 0.717) is 15.8 Å². The Labute approximate surface area is 125 Å². The van der Waals surface area contributed by atoms with Crippen LogP contribution in [0.25, 0.3) is 0 Å². The predicted octanol–water partition coefficient (Wildman–Crippen LogP) is 5.31. The molecule has 1 aromatic rings. The fraction of sp³-hybridized carbons (Fsp3) is 0.625. The van der Waals surface area contributed by atoms with Crippen LogP contribution in [-0.2, 0) is 0 Å². The topological polar surface area (TPSA) is 12.0 Å². The molecule has 2 unspecified atom stereocenters. The molecule has 0 aliphatic heterocycles. The first kappa shape index (κ1) is 16.6. The minimum absolute atomic E-state index is 0.0647. The summed E-state index contributed by atoms with van der Waals surface area (Å²) >= 11 is 3.26. The Morgan fingerprint density at radius 3 is 2.47 bits per heavy atom. The standard InChI is InChI=1S/C16H25BrFN/c1-11(10-16(2,3)4)9-14(19-5)12-7-6-8-13(17)15(12)18/h6-8,11,14,19H,9-10H2,1-5H3. The molecule has 2 atom stereocenters. The highest BCUT2D eigenvalue weighted by molar-refractivity contribution is 9.10. The van der Waals surface area contributed by atoms with Gasteiger partial charge in [0.2, 0.25) is 0 Å². The Kier molecular flexibility index (Phi) is 6.00. The lowest BCUT2D eigenvalue weighted by atomic mass is 9.82. The lowest BCUT2D eigenvalue weighted by molar-refractivity contribution is 0.277. The second kappa shape index (κ2) is 6.85. The van der Waals surface area contributed by atoms with Crippen molar-refractivity contribution in [1.82, 2.24) is 5.32 Å². The molecule has 0 bridgehead atoms. The average molecular weight is 330 g/mol. The molecular weight excluding hydrogens is 305 g/mol. The van der Waals surface area contributed by atoms with E-state index < -0.39 is 0 Å². The summed E-state index contributed by atoms with van der Waals surface area (Å²) in [5.41, 5.74) is 1.06. The van der Waals surface area contributed by atoms with E-state index in [0.717, 1.165) is 18.4 Å². The van der Waals surface area contributed by atoms with Gasteiger partial charge in [-0.2, -0.15) is 0 Å². The molecule has 1 rings (SSSR count). The van der Waals surface area contributed by atoms with Crippen molar-refractivity contribution < 1.29 is 4.39 Å². The van der Waals surface area contributed by atoms with Gasteiger partial charge in [-0.15, -0.1) is 0 Å². The first-order valence-corrected chi connectivity index (χ1v) is 7.65. The Morgan fingerprint density at radius 2 is 1.95 bits per heavy atom. The zero-order valence-corrected chi connectivity index (χ0v) is 14.1. The van der Waals surface area contributed by atoms with E-state index in [9.17, 15) is 4.39 Å². The first-order chi connectivity index (χ1) is 8.74. The van der Waals surface area contributed by atoms with Gasteiger partial charge in [0, 0.05) is 11.6 Å². The third-order valence-electron chi connectivity index (χ3n) is 3.30. The van der Waals surface area contributed by atoms with Gasteiger partial charge < -0.3 is 5.32 Å². The second-order valence-electron chi connectivity index (χ2n) is 6.59. The lowest BCUT2D eigenvalue weighted by Gasteiger charge is -2.27. The molecule has 0 amide bonds. The summed E-state index contributed by atoms with van der Waals surface area (Å²) in [5.74, 6) is 0.403. The summed E-state index contributed by atoms with van der Waals surface area (Å²) < 4.78 is 14.7. The van der Waals surface area contributed by atoms with E-state index >= 15 is 0 Å². The molecule has 0 aromatic heterocycles. The second-order valence-corrected chi connectivity index (χ2v) is 7.44. The Balaban J connectivity index is 2.81. The number of rotatable bonds is 5. The monoisotopic (exact) mass is 329 g/mol. The zero-order chi connectivity index (χ0) is 14.6. The van der Waals surface area contributed by atoms with Crippen LogP contribution in [-0.4, -0.2) is 7.05 Å². The number of halogens is 2. The van der Waals surface area contributed by atoms with Crippen molar-refractivity contribution in [2.24, 2.45) is 11.3 Å². The smallest absolute Gasteiger partial charge is 0.142 e. The van der Waals surface area contributed by atoms with Crippen molar-refractivity contribution in [2.75, 3.05) is 7.05 Å². The van der Waals surface area contributed by atoms with Crippen LogP contribution in [0.15, 0.2) is 22.7 Å². The zero-order valence-electron chi connectivity index (χ0n) is 12.6. The van der Waals surface area contributed by atoms with Crippen LogP contribution in [0.5, 0.6) is 0 Å². The van der Waals surface area contributed by atoms with Crippen LogP contribution in [0.2, 0.25) is 0 Å². The molecule has 19 heavy (non-hydrogen) atoms. The van der Waals surface area contributed by atoms with Crippen molar-refractivity contribution in [3.05, 3.63) is 34.1 Å². The number of hydrogen-bond donors (Lipinski definition) is 1. The van der Waals surface area contributed by atoms with Crippen molar-refractivity contribution >= 4 is 15.9 Å². The summed E-state index contributed by atoms with van der Waals surface area (Å²) in [7, 11) is 1.90. The van der Waals surface area contributed by atoms with E-state index in [1.165, 1.54) is 0 Å². The molecule has 0 aliphatic carbocycles. The maximum Gasteiger partial charge on any atom is 0.142 e. The average Bonchev–Trinajstić information content (AvgIpc) is 2.27. The van der Waals surface area contributed by atoms with Gasteiger partial charge in [-0.3, -0.25) is 0 Å². The summed E-state index contributed by atoms with van der Waals surface area (Å²) in [6, 6.07) is 5.56. The summed E-state index contributed by atoms with van der Waals surface area (Å²) in [6.07, 6.45) is 2.09. The van der Waals surface area contributed by atoms with Gasteiger partial charge in [-0.25, -0.2) is 4.39 Å². The Bertz CT molecular complexity index is 412. The molecule has 0 aliphatic rings. The summed E-state index contributed by atoms with van der Waals surface area (Å²) in [4.78, 5) is 0. The minimum Gasteiger partial charge on any atom is -0.313 e. The van der Waals surface area contributed by atoms with Crippen LogP contribution in [0.3, 0.4) is 0 Å². The van der Waals surface area contributed by atoms with E-state index in [-0.39, 0.29) is 11.9 Å². The van der Waals surface area contributed by atoms with E-state index in [1.807, 2.05) is 19.2 Å². The third-order valence-corrected chi connectivity index (χ3v) is 3.92. The van der Waals surface area contributed by atoms with Crippen molar-refractivity contribution in [1.29, 1.82) is 0 Å². The highest BCUT2D eigenvalue weighted by Crippen LogP contribution is 2.32. The fourth-order valence-corrected chi connectivity index (χ4v) is 3.10. The van der Waals surface area contributed by atoms with Crippen LogP contribution in [0.4, 0.5) is 4.39 Å². The first-order valence-electron chi connectivity index (χ1n) is 6.85. The van der Waals surface area contributed by atoms with Crippen LogP contribution >= 0.6 is 15.9 Å². The highest BCUT2D eigenvalue weighted by Gasteiger charge is 2.21. The number of benzene rings is 1. The van der Waals surface area contributed by atoms with E-state index in [4.69, 9.17) is 0 Å². The predicted molar refractivity (Wildman–Crippen MR) is 83.8 cm³/mol. The molecule has 1 nitrogen and oxygen atoms in total. The maximum atomic E-state index is 14.1. The van der Waals surface area contributed by atoms with Gasteiger partial charge in [-0.1, -0.05) is 39.8 Å². The van der Waals surface area contributed by atoms with Gasteiger partial charge in [0.1, 0.15) is 5.82 Å². The van der Waals surface area contributed by atoms with Crippen molar-refractivity contribution in [3.8, 4) is 0 Å². The Hall–Kier alpha value is -0.410. The van der Waals surface area contributed by atoms with Crippen LogP contribution in [0, 0.1) is 17.2 Å². The van der Waals surface area contributed by atoms with Gasteiger partial charge in [-0.05, 0) is 53.2 Å². The highest BCUT2D eigenvalue weighted by atomic mass is 79.9. The van der Waals surface area contributed by atoms with Crippen LogP contribution in [0.1, 0.15) is 52.1 Å². The van der Waals surface area contributed by atoms with Gasteiger partial charge in [0.25, 0.3) is 0 Å². The SMILES string of the molecule is CNC(CC(C)CC(C)(C)C)c1cccc(Br)c1F. The third kappa shape index (κ3) is 5.23. The van der Waals surface area contributed by atoms with E-state index in [1.54, 1.807) is 6.07 Å².